The minimum atomic E-state index is -0.483. The van der Waals surface area contributed by atoms with Crippen LogP contribution in [0.5, 0.6) is 5.75 Å². The maximum Gasteiger partial charge on any atom is 0.494 e. The molecule has 3 rings (SSSR count). The second kappa shape index (κ2) is 6.56. The summed E-state index contributed by atoms with van der Waals surface area (Å²) in [5, 5.41) is 9.59. The van der Waals surface area contributed by atoms with Crippen LogP contribution in [0.1, 0.15) is 59.9 Å². The zero-order chi connectivity index (χ0) is 19.2. The zero-order valence-electron chi connectivity index (χ0n) is 16.6. The van der Waals surface area contributed by atoms with Crippen molar-refractivity contribution in [3.8, 4) is 11.8 Å². The van der Waals surface area contributed by atoms with Crippen LogP contribution >= 0.6 is 0 Å². The summed E-state index contributed by atoms with van der Waals surface area (Å²) in [6.07, 6.45) is 1.68. The second-order valence-corrected chi connectivity index (χ2v) is 8.80. The highest BCUT2D eigenvalue weighted by atomic mass is 16.7. The summed E-state index contributed by atoms with van der Waals surface area (Å²) in [4.78, 5) is 0. The summed E-state index contributed by atoms with van der Waals surface area (Å²) < 4.78 is 24.0. The van der Waals surface area contributed by atoms with E-state index in [-0.39, 0.29) is 11.7 Å². The lowest BCUT2D eigenvalue weighted by atomic mass is 9.78. The molecule has 0 spiro atoms. The fraction of sp³-hybridized carbons (Fsp3) is 0.650. The van der Waals surface area contributed by atoms with Crippen molar-refractivity contribution in [3.05, 3.63) is 23.8 Å². The lowest BCUT2D eigenvalue weighted by Crippen LogP contribution is -2.41. The fourth-order valence-electron chi connectivity index (χ4n) is 3.32. The van der Waals surface area contributed by atoms with E-state index in [1.165, 1.54) is 0 Å². The number of rotatable bonds is 3. The number of nitrogens with zero attached hydrogens (tertiary/aromatic N) is 1. The van der Waals surface area contributed by atoms with Crippen molar-refractivity contribution in [2.75, 3.05) is 6.61 Å². The summed E-state index contributed by atoms with van der Waals surface area (Å²) in [6.45, 7) is 12.9. The molecule has 2 fully saturated rings. The highest BCUT2D eigenvalue weighted by Crippen LogP contribution is 2.37. The highest BCUT2D eigenvalue weighted by Gasteiger charge is 2.51. The van der Waals surface area contributed by atoms with Crippen LogP contribution in [0.2, 0.25) is 0 Å². The molecule has 1 aromatic carbocycles. The molecule has 2 aliphatic rings. The Morgan fingerprint density at radius 3 is 2.35 bits per heavy atom. The van der Waals surface area contributed by atoms with E-state index in [0.717, 1.165) is 18.3 Å². The van der Waals surface area contributed by atoms with E-state index in [1.807, 2.05) is 45.9 Å². The lowest BCUT2D eigenvalue weighted by Gasteiger charge is -2.35. The Labute approximate surface area is 156 Å². The Morgan fingerprint density at radius 2 is 1.77 bits per heavy atom. The van der Waals surface area contributed by atoms with Crippen molar-refractivity contribution >= 4 is 12.6 Å². The molecule has 5 nitrogen and oxygen atoms in total. The second-order valence-electron chi connectivity index (χ2n) is 8.80. The third-order valence-corrected chi connectivity index (χ3v) is 5.59. The molecule has 0 N–H and O–H groups in total. The zero-order valence-corrected chi connectivity index (χ0v) is 16.6. The summed E-state index contributed by atoms with van der Waals surface area (Å²) in [6, 6.07) is 7.82. The minimum absolute atomic E-state index is 0.0496. The van der Waals surface area contributed by atoms with Gasteiger partial charge < -0.3 is 18.8 Å². The lowest BCUT2D eigenvalue weighted by molar-refractivity contribution is -0.0897. The van der Waals surface area contributed by atoms with Gasteiger partial charge in [0, 0.05) is 12.8 Å². The number of benzene rings is 1. The topological polar surface area (TPSA) is 60.7 Å². The Balaban J connectivity index is 1.78. The van der Waals surface area contributed by atoms with Crippen molar-refractivity contribution in [1.82, 2.24) is 0 Å². The molecule has 1 atom stereocenters. The molecule has 0 radical (unpaired) electrons. The van der Waals surface area contributed by atoms with Gasteiger partial charge in [-0.2, -0.15) is 5.26 Å². The SMILES string of the molecule is CC1(C)CC(Oc2ccc(B3OC(C)(C)C(C)(C)O3)cc2C#N)CCO1. The number of hydrogen-bond donors (Lipinski definition) is 0. The van der Waals surface area contributed by atoms with Gasteiger partial charge in [0.2, 0.25) is 0 Å². The molecule has 0 saturated carbocycles. The summed E-state index contributed by atoms with van der Waals surface area (Å²) in [7, 11) is -0.483. The quantitative estimate of drug-likeness (QED) is 0.778. The molecule has 2 saturated heterocycles. The van der Waals surface area contributed by atoms with Crippen LogP contribution < -0.4 is 10.2 Å². The standard InChI is InChI=1S/C20H28BNO4/c1-18(2)12-16(9-10-23-18)24-17-8-7-15(11-14(17)13-22)21-25-19(3,4)20(5,6)26-21/h7-8,11,16H,9-10,12H2,1-6H3. The first kappa shape index (κ1) is 19.2. The van der Waals surface area contributed by atoms with Gasteiger partial charge in [-0.3, -0.25) is 0 Å². The molecule has 1 unspecified atom stereocenters. The van der Waals surface area contributed by atoms with E-state index in [4.69, 9.17) is 18.8 Å². The molecule has 140 valence electrons. The van der Waals surface area contributed by atoms with Gasteiger partial charge in [0.05, 0.1) is 29.0 Å². The van der Waals surface area contributed by atoms with Gasteiger partial charge >= 0.3 is 7.12 Å². The smallest absolute Gasteiger partial charge is 0.489 e. The van der Waals surface area contributed by atoms with E-state index >= 15 is 0 Å². The average Bonchev–Trinajstić information content (AvgIpc) is 2.75. The van der Waals surface area contributed by atoms with Gasteiger partial charge in [0.1, 0.15) is 17.9 Å². The predicted octanol–water partition coefficient (Wildman–Crippen LogP) is 3.19. The first-order valence-electron chi connectivity index (χ1n) is 9.23. The molecule has 0 aliphatic carbocycles. The van der Waals surface area contributed by atoms with Crippen molar-refractivity contribution in [2.24, 2.45) is 0 Å². The van der Waals surface area contributed by atoms with Crippen LogP contribution in [0.4, 0.5) is 0 Å². The molecule has 0 amide bonds. The monoisotopic (exact) mass is 357 g/mol. The molecule has 6 heteroatoms. The van der Waals surface area contributed by atoms with Crippen LogP contribution in [0.25, 0.3) is 0 Å². The van der Waals surface area contributed by atoms with Crippen molar-refractivity contribution in [3.63, 3.8) is 0 Å². The third-order valence-electron chi connectivity index (χ3n) is 5.59. The maximum atomic E-state index is 9.59. The van der Waals surface area contributed by atoms with Gasteiger partial charge in [-0.1, -0.05) is 6.07 Å². The predicted molar refractivity (Wildman–Crippen MR) is 101 cm³/mol. The van der Waals surface area contributed by atoms with Crippen LogP contribution in [0.3, 0.4) is 0 Å². The highest BCUT2D eigenvalue weighted by molar-refractivity contribution is 6.62. The molecule has 1 aromatic rings. The Hall–Kier alpha value is -1.55. The van der Waals surface area contributed by atoms with E-state index in [9.17, 15) is 5.26 Å². The summed E-state index contributed by atoms with van der Waals surface area (Å²) >= 11 is 0. The van der Waals surface area contributed by atoms with Gasteiger partial charge in [-0.25, -0.2) is 0 Å². The number of nitriles is 1. The van der Waals surface area contributed by atoms with Crippen LogP contribution in [-0.4, -0.2) is 36.6 Å². The van der Waals surface area contributed by atoms with E-state index in [1.54, 1.807) is 0 Å². The van der Waals surface area contributed by atoms with Crippen LogP contribution in [0, 0.1) is 11.3 Å². The molecule has 2 heterocycles. The van der Waals surface area contributed by atoms with E-state index in [0.29, 0.717) is 17.9 Å². The van der Waals surface area contributed by atoms with Gasteiger partial charge in [0.25, 0.3) is 0 Å². The third kappa shape index (κ3) is 3.76. The molecule has 0 aromatic heterocycles. The fourth-order valence-corrected chi connectivity index (χ4v) is 3.32. The van der Waals surface area contributed by atoms with Gasteiger partial charge in [-0.05, 0) is 59.1 Å². The molecule has 26 heavy (non-hydrogen) atoms. The minimum Gasteiger partial charge on any atom is -0.489 e. The van der Waals surface area contributed by atoms with Crippen molar-refractivity contribution in [1.29, 1.82) is 5.26 Å². The van der Waals surface area contributed by atoms with Crippen molar-refractivity contribution in [2.45, 2.75) is 77.3 Å². The molecule has 2 aliphatic heterocycles. The number of ether oxygens (including phenoxy) is 2. The largest absolute Gasteiger partial charge is 0.494 e. The van der Waals surface area contributed by atoms with Crippen molar-refractivity contribution < 1.29 is 18.8 Å². The summed E-state index contributed by atoms with van der Waals surface area (Å²) in [5.74, 6) is 0.607. The maximum absolute atomic E-state index is 9.59. The number of hydrogen-bond acceptors (Lipinski definition) is 5. The Morgan fingerprint density at radius 1 is 1.12 bits per heavy atom. The van der Waals surface area contributed by atoms with E-state index < -0.39 is 18.3 Å². The van der Waals surface area contributed by atoms with E-state index in [2.05, 4.69) is 19.9 Å². The molecular formula is C20H28BNO4. The average molecular weight is 357 g/mol. The summed E-state index contributed by atoms with van der Waals surface area (Å²) in [5.41, 5.74) is 0.320. The normalized spacial score (nSPS) is 26.3. The molecule has 0 bridgehead atoms. The Bertz CT molecular complexity index is 707. The van der Waals surface area contributed by atoms with Gasteiger partial charge in [0.15, 0.2) is 0 Å². The Kier molecular flexibility index (Phi) is 4.85. The first-order valence-corrected chi connectivity index (χ1v) is 9.23. The van der Waals surface area contributed by atoms with Gasteiger partial charge in [-0.15, -0.1) is 0 Å². The van der Waals surface area contributed by atoms with Crippen LogP contribution in [0.15, 0.2) is 18.2 Å². The molecular weight excluding hydrogens is 329 g/mol. The van der Waals surface area contributed by atoms with Crippen LogP contribution in [-0.2, 0) is 14.0 Å². The first-order chi connectivity index (χ1) is 12.0.